The fourth-order valence-corrected chi connectivity index (χ4v) is 4.40. The number of methoxy groups -OCH3 is 2. The Morgan fingerprint density at radius 3 is 2.38 bits per heavy atom. The first-order chi connectivity index (χ1) is 15.6. The van der Waals surface area contributed by atoms with E-state index in [9.17, 15) is 9.59 Å². The van der Waals surface area contributed by atoms with Crippen LogP contribution >= 0.6 is 0 Å². The van der Waals surface area contributed by atoms with Gasteiger partial charge in [-0.15, -0.1) is 0 Å². The van der Waals surface area contributed by atoms with Gasteiger partial charge in [0.15, 0.2) is 11.5 Å². The molecule has 0 bridgehead atoms. The summed E-state index contributed by atoms with van der Waals surface area (Å²) in [7, 11) is 3.06. The van der Waals surface area contributed by atoms with Crippen LogP contribution in [0.15, 0.2) is 58.1 Å². The fraction of sp³-hybridized carbons (Fsp3) is 0.280. The van der Waals surface area contributed by atoms with Gasteiger partial charge in [-0.25, -0.2) is 0 Å². The number of carbonyl (C=O) groups excluding carboxylic acids is 1. The van der Waals surface area contributed by atoms with Gasteiger partial charge in [0, 0.05) is 35.7 Å². The molecule has 2 aromatic heterocycles. The van der Waals surface area contributed by atoms with Gasteiger partial charge >= 0.3 is 0 Å². The molecule has 164 valence electrons. The molecule has 1 fully saturated rings. The largest absolute Gasteiger partial charge is 0.493 e. The van der Waals surface area contributed by atoms with Crippen LogP contribution in [0.1, 0.15) is 29.6 Å². The van der Waals surface area contributed by atoms with E-state index in [4.69, 9.17) is 13.9 Å². The molecule has 1 amide bonds. The smallest absolute Gasteiger partial charge is 0.263 e. The fourth-order valence-electron chi connectivity index (χ4n) is 4.40. The van der Waals surface area contributed by atoms with Crippen LogP contribution in [0.2, 0.25) is 0 Å². The van der Waals surface area contributed by atoms with Crippen molar-refractivity contribution in [1.29, 1.82) is 0 Å². The lowest BCUT2D eigenvalue weighted by Gasteiger charge is -2.27. The zero-order chi connectivity index (χ0) is 22.2. The van der Waals surface area contributed by atoms with E-state index in [0.29, 0.717) is 46.6 Å². The number of piperidine rings is 1. The zero-order valence-electron chi connectivity index (χ0n) is 18.1. The van der Waals surface area contributed by atoms with E-state index in [1.807, 2.05) is 29.2 Å². The first-order valence-electron chi connectivity index (χ1n) is 10.7. The number of ether oxygens (including phenoxy) is 2. The molecule has 0 unspecified atom stereocenters. The van der Waals surface area contributed by atoms with Crippen LogP contribution in [-0.2, 0) is 0 Å². The summed E-state index contributed by atoms with van der Waals surface area (Å²) in [6, 6.07) is 10.7. The van der Waals surface area contributed by atoms with Gasteiger partial charge in [-0.1, -0.05) is 0 Å². The molecule has 0 aliphatic carbocycles. The van der Waals surface area contributed by atoms with E-state index in [0.717, 1.165) is 30.2 Å². The van der Waals surface area contributed by atoms with Crippen molar-refractivity contribution in [3.05, 3.63) is 64.8 Å². The Kier molecular flexibility index (Phi) is 5.09. The van der Waals surface area contributed by atoms with E-state index < -0.39 is 0 Å². The number of rotatable bonds is 4. The summed E-state index contributed by atoms with van der Waals surface area (Å²) < 4.78 is 17.8. The number of nitrogens with zero attached hydrogens (tertiary/aromatic N) is 2. The van der Waals surface area contributed by atoms with Gasteiger partial charge < -0.3 is 18.8 Å². The molecule has 1 saturated heterocycles. The third-order valence-electron chi connectivity index (χ3n) is 6.11. The summed E-state index contributed by atoms with van der Waals surface area (Å²) in [5.41, 5.74) is 1.63. The normalized spacial score (nSPS) is 14.1. The summed E-state index contributed by atoms with van der Waals surface area (Å²) in [4.78, 5) is 29.0. The van der Waals surface area contributed by atoms with Gasteiger partial charge in [0.25, 0.3) is 11.5 Å². The monoisotopic (exact) mass is 432 g/mol. The molecule has 4 aromatic rings. The Morgan fingerprint density at radius 1 is 0.938 bits per heavy atom. The average molecular weight is 432 g/mol. The van der Waals surface area contributed by atoms with Gasteiger partial charge in [0.1, 0.15) is 5.58 Å². The maximum atomic E-state index is 13.6. The summed E-state index contributed by atoms with van der Waals surface area (Å²) in [5.74, 6) is 0.834. The second-order valence-electron chi connectivity index (χ2n) is 7.97. The maximum Gasteiger partial charge on any atom is 0.263 e. The van der Waals surface area contributed by atoms with Crippen molar-refractivity contribution in [2.45, 2.75) is 19.3 Å². The van der Waals surface area contributed by atoms with Gasteiger partial charge in [0.2, 0.25) is 0 Å². The summed E-state index contributed by atoms with van der Waals surface area (Å²) in [5, 5.41) is 1.84. The first kappa shape index (κ1) is 20.2. The minimum Gasteiger partial charge on any atom is -0.493 e. The van der Waals surface area contributed by atoms with Crippen molar-refractivity contribution in [3.8, 4) is 17.2 Å². The molecule has 0 radical (unpaired) electrons. The minimum atomic E-state index is -0.237. The van der Waals surface area contributed by atoms with Crippen LogP contribution in [0.3, 0.4) is 0 Å². The standard InChI is InChI=1S/C25H24N2O5/c1-30-22-13-18-19(14-23(22)31-2)25(29)27(17-6-7-21-16(12-17)8-11-32-21)15-20(18)24(28)26-9-4-3-5-10-26/h6-8,11-15H,3-5,9-10H2,1-2H3. The van der Waals surface area contributed by atoms with Crippen molar-refractivity contribution < 1.29 is 18.7 Å². The summed E-state index contributed by atoms with van der Waals surface area (Å²) in [6.07, 6.45) is 6.35. The Morgan fingerprint density at radius 2 is 1.66 bits per heavy atom. The lowest BCUT2D eigenvalue weighted by molar-refractivity contribution is 0.0725. The number of likely N-dealkylation sites (tertiary alicyclic amines) is 1. The van der Waals surface area contributed by atoms with Crippen LogP contribution in [-0.4, -0.2) is 42.7 Å². The second kappa shape index (κ2) is 8.07. The summed E-state index contributed by atoms with van der Waals surface area (Å²) >= 11 is 0. The SMILES string of the molecule is COc1cc2c(C(=O)N3CCCCC3)cn(-c3ccc4occc4c3)c(=O)c2cc1OC. The molecular formula is C25H24N2O5. The predicted molar refractivity (Wildman–Crippen MR) is 122 cm³/mol. The highest BCUT2D eigenvalue weighted by atomic mass is 16.5. The summed E-state index contributed by atoms with van der Waals surface area (Å²) in [6.45, 7) is 1.43. The predicted octanol–water partition coefficient (Wildman–Crippen LogP) is 4.38. The number of hydrogen-bond donors (Lipinski definition) is 0. The number of benzene rings is 2. The topological polar surface area (TPSA) is 73.9 Å². The molecule has 0 spiro atoms. The molecular weight excluding hydrogens is 408 g/mol. The van der Waals surface area contributed by atoms with E-state index >= 15 is 0 Å². The Labute approximate surface area is 184 Å². The molecule has 0 N–H and O–H groups in total. The lowest BCUT2D eigenvalue weighted by atomic mass is 10.0. The molecule has 0 atom stereocenters. The first-order valence-corrected chi connectivity index (χ1v) is 10.7. The Bertz CT molecular complexity index is 1380. The van der Waals surface area contributed by atoms with Gasteiger partial charge in [-0.3, -0.25) is 14.2 Å². The second-order valence-corrected chi connectivity index (χ2v) is 7.97. The molecule has 3 heterocycles. The molecule has 32 heavy (non-hydrogen) atoms. The van der Waals surface area contributed by atoms with Crippen molar-refractivity contribution in [3.63, 3.8) is 0 Å². The number of fused-ring (bicyclic) bond motifs is 2. The van der Waals surface area contributed by atoms with Gasteiger partial charge in [0.05, 0.1) is 31.4 Å². The molecule has 1 aliphatic rings. The molecule has 5 rings (SSSR count). The van der Waals surface area contributed by atoms with Crippen LogP contribution in [0.5, 0.6) is 11.5 Å². The lowest BCUT2D eigenvalue weighted by Crippen LogP contribution is -2.36. The number of hydrogen-bond acceptors (Lipinski definition) is 5. The maximum absolute atomic E-state index is 13.6. The third kappa shape index (κ3) is 3.30. The van der Waals surface area contributed by atoms with Crippen LogP contribution in [0.25, 0.3) is 27.4 Å². The van der Waals surface area contributed by atoms with Crippen molar-refractivity contribution in [2.75, 3.05) is 27.3 Å². The van der Waals surface area contributed by atoms with Crippen LogP contribution in [0.4, 0.5) is 0 Å². The van der Waals surface area contributed by atoms with E-state index in [2.05, 4.69) is 0 Å². The molecule has 2 aromatic carbocycles. The van der Waals surface area contributed by atoms with Crippen LogP contribution in [0, 0.1) is 0 Å². The zero-order valence-corrected chi connectivity index (χ0v) is 18.1. The van der Waals surface area contributed by atoms with E-state index in [1.165, 1.54) is 18.8 Å². The van der Waals surface area contributed by atoms with Crippen molar-refractivity contribution in [2.24, 2.45) is 0 Å². The quantitative estimate of drug-likeness (QED) is 0.478. The van der Waals surface area contributed by atoms with Crippen LogP contribution < -0.4 is 15.0 Å². The highest BCUT2D eigenvalue weighted by Crippen LogP contribution is 2.33. The van der Waals surface area contributed by atoms with E-state index in [-0.39, 0.29) is 11.5 Å². The Balaban J connectivity index is 1.78. The average Bonchev–Trinajstić information content (AvgIpc) is 3.31. The molecule has 1 aliphatic heterocycles. The van der Waals surface area contributed by atoms with Gasteiger partial charge in [-0.2, -0.15) is 0 Å². The number of aromatic nitrogens is 1. The molecule has 7 heteroatoms. The number of carbonyl (C=O) groups is 1. The number of amides is 1. The highest BCUT2D eigenvalue weighted by Gasteiger charge is 2.24. The van der Waals surface area contributed by atoms with Crippen molar-refractivity contribution >= 4 is 27.6 Å². The minimum absolute atomic E-state index is 0.0833. The molecule has 0 saturated carbocycles. The highest BCUT2D eigenvalue weighted by molar-refractivity contribution is 6.07. The Hall–Kier alpha value is -3.74. The van der Waals surface area contributed by atoms with Gasteiger partial charge in [-0.05, 0) is 55.7 Å². The van der Waals surface area contributed by atoms with E-state index in [1.54, 1.807) is 24.6 Å². The third-order valence-corrected chi connectivity index (χ3v) is 6.11. The number of furan rings is 1. The number of pyridine rings is 1. The molecule has 7 nitrogen and oxygen atoms in total. The van der Waals surface area contributed by atoms with Crippen molar-refractivity contribution in [1.82, 2.24) is 9.47 Å².